The highest BCUT2D eigenvalue weighted by Gasteiger charge is 2.17. The maximum atomic E-state index is 6.03. The van der Waals surface area contributed by atoms with Crippen molar-refractivity contribution < 1.29 is 4.74 Å². The molecule has 0 amide bonds. The van der Waals surface area contributed by atoms with Crippen molar-refractivity contribution in [2.24, 2.45) is 5.73 Å². The normalized spacial score (nSPS) is 21.1. The quantitative estimate of drug-likeness (QED) is 0.804. The van der Waals surface area contributed by atoms with Crippen molar-refractivity contribution >= 4 is 11.8 Å². The summed E-state index contributed by atoms with van der Waals surface area (Å²) in [5.74, 6) is 1.01. The van der Waals surface area contributed by atoms with E-state index in [2.05, 4.69) is 18.0 Å². The Morgan fingerprint density at radius 1 is 1.61 bits per heavy atom. The first-order valence-electron chi connectivity index (χ1n) is 6.73. The van der Waals surface area contributed by atoms with Gasteiger partial charge >= 0.3 is 0 Å². The summed E-state index contributed by atoms with van der Waals surface area (Å²) in [6, 6.07) is 4.37. The molecule has 1 fully saturated rings. The van der Waals surface area contributed by atoms with Crippen molar-refractivity contribution in [3.05, 3.63) is 23.9 Å². The number of rotatable bonds is 6. The second kappa shape index (κ2) is 7.12. The first-order chi connectivity index (χ1) is 8.79. The van der Waals surface area contributed by atoms with E-state index < -0.39 is 0 Å². The molecular weight excluding hydrogens is 244 g/mol. The molecule has 0 aromatic carbocycles. The zero-order valence-corrected chi connectivity index (χ0v) is 11.8. The van der Waals surface area contributed by atoms with Crippen LogP contribution in [-0.2, 0) is 11.2 Å². The van der Waals surface area contributed by atoms with E-state index in [9.17, 15) is 0 Å². The average molecular weight is 266 g/mol. The van der Waals surface area contributed by atoms with Gasteiger partial charge in [0.2, 0.25) is 0 Å². The third-order valence-electron chi connectivity index (χ3n) is 3.29. The number of hydrogen-bond donors (Lipinski definition) is 1. The smallest absolute Gasteiger partial charge is 0.0993 e. The molecule has 2 N–H and O–H groups in total. The molecule has 2 atom stereocenters. The van der Waals surface area contributed by atoms with E-state index in [1.165, 1.54) is 18.4 Å². The van der Waals surface area contributed by atoms with Crippen molar-refractivity contribution in [1.82, 2.24) is 4.98 Å². The number of ether oxygens (including phenoxy) is 1. The molecule has 0 saturated carbocycles. The van der Waals surface area contributed by atoms with E-state index in [4.69, 9.17) is 10.5 Å². The molecule has 1 aliphatic heterocycles. The van der Waals surface area contributed by atoms with Crippen LogP contribution in [-0.4, -0.2) is 29.5 Å². The molecule has 4 heteroatoms. The molecular formula is C14H22N2OS. The van der Waals surface area contributed by atoms with Crippen LogP contribution < -0.4 is 5.73 Å². The first-order valence-corrected chi connectivity index (χ1v) is 7.72. The largest absolute Gasteiger partial charge is 0.377 e. The van der Waals surface area contributed by atoms with Crippen LogP contribution >= 0.6 is 11.8 Å². The summed E-state index contributed by atoms with van der Waals surface area (Å²) in [5, 5.41) is 1.12. The third-order valence-corrected chi connectivity index (χ3v) is 4.47. The highest BCUT2D eigenvalue weighted by molar-refractivity contribution is 7.99. The number of nitrogens with two attached hydrogens (primary N) is 1. The Hall–Kier alpha value is -0.580. The van der Waals surface area contributed by atoms with Crippen molar-refractivity contribution in [3.63, 3.8) is 0 Å². The van der Waals surface area contributed by atoms with Gasteiger partial charge in [-0.1, -0.05) is 13.0 Å². The van der Waals surface area contributed by atoms with Crippen molar-refractivity contribution in [3.8, 4) is 0 Å². The molecule has 2 heterocycles. The molecule has 2 rings (SSSR count). The molecule has 1 aromatic heterocycles. The summed E-state index contributed by atoms with van der Waals surface area (Å²) in [6.45, 7) is 3.04. The van der Waals surface area contributed by atoms with Gasteiger partial charge in [-0.15, -0.1) is 11.8 Å². The van der Waals surface area contributed by atoms with Gasteiger partial charge in [0.15, 0.2) is 0 Å². The fraction of sp³-hybridized carbons (Fsp3) is 0.643. The second-order valence-corrected chi connectivity index (χ2v) is 5.79. The minimum atomic E-state index is 0.233. The van der Waals surface area contributed by atoms with Gasteiger partial charge < -0.3 is 10.5 Å². The highest BCUT2D eigenvalue weighted by atomic mass is 32.2. The van der Waals surface area contributed by atoms with Crippen LogP contribution in [0.1, 0.15) is 31.7 Å². The molecule has 1 saturated heterocycles. The minimum absolute atomic E-state index is 0.233. The Labute approximate surface area is 114 Å². The zero-order chi connectivity index (χ0) is 12.8. The van der Waals surface area contributed by atoms with Crippen LogP contribution in [0, 0.1) is 0 Å². The number of nitrogens with zero attached hydrogens (tertiary/aromatic N) is 1. The Morgan fingerprint density at radius 2 is 2.50 bits per heavy atom. The molecule has 0 aliphatic carbocycles. The summed E-state index contributed by atoms with van der Waals surface area (Å²) in [5.41, 5.74) is 7.30. The van der Waals surface area contributed by atoms with Gasteiger partial charge in [0, 0.05) is 24.6 Å². The molecule has 100 valence electrons. The predicted molar refractivity (Wildman–Crippen MR) is 75.9 cm³/mol. The lowest BCUT2D eigenvalue weighted by molar-refractivity contribution is 0.129. The van der Waals surface area contributed by atoms with E-state index in [1.807, 2.05) is 12.3 Å². The molecule has 1 aliphatic rings. The van der Waals surface area contributed by atoms with E-state index in [1.54, 1.807) is 11.8 Å². The third kappa shape index (κ3) is 3.97. The van der Waals surface area contributed by atoms with Gasteiger partial charge in [-0.05, 0) is 37.3 Å². The average Bonchev–Trinajstić information content (AvgIpc) is 2.91. The Morgan fingerprint density at radius 3 is 3.22 bits per heavy atom. The molecule has 2 unspecified atom stereocenters. The first kappa shape index (κ1) is 13.8. The lowest BCUT2D eigenvalue weighted by atomic mass is 10.1. The summed E-state index contributed by atoms with van der Waals surface area (Å²) < 4.78 is 5.64. The van der Waals surface area contributed by atoms with Crippen LogP contribution in [0.25, 0.3) is 0 Å². The Kier molecular flexibility index (Phi) is 5.47. The maximum Gasteiger partial charge on any atom is 0.0993 e. The molecule has 0 bridgehead atoms. The van der Waals surface area contributed by atoms with E-state index >= 15 is 0 Å². The van der Waals surface area contributed by atoms with Crippen LogP contribution in [0.3, 0.4) is 0 Å². The van der Waals surface area contributed by atoms with Crippen molar-refractivity contribution in [2.75, 3.05) is 12.4 Å². The Bertz CT molecular complexity index is 367. The Balaban J connectivity index is 1.93. The standard InChI is InChI=1S/C14H22N2OS/c1-2-12(15)9-11-5-3-7-16-14(11)18-10-13-6-4-8-17-13/h3,5,7,12-13H,2,4,6,8-10,15H2,1H3. The van der Waals surface area contributed by atoms with Crippen molar-refractivity contribution in [2.45, 2.75) is 49.8 Å². The minimum Gasteiger partial charge on any atom is -0.377 e. The molecule has 18 heavy (non-hydrogen) atoms. The summed E-state index contributed by atoms with van der Waals surface area (Å²) in [4.78, 5) is 4.48. The fourth-order valence-corrected chi connectivity index (χ4v) is 3.16. The van der Waals surface area contributed by atoms with Crippen molar-refractivity contribution in [1.29, 1.82) is 0 Å². The number of thioether (sulfide) groups is 1. The highest BCUT2D eigenvalue weighted by Crippen LogP contribution is 2.25. The predicted octanol–water partition coefficient (Wildman–Crippen LogP) is 2.63. The maximum absolute atomic E-state index is 6.03. The van der Waals surface area contributed by atoms with E-state index in [0.717, 1.165) is 30.2 Å². The SMILES string of the molecule is CCC(N)Cc1cccnc1SCC1CCCO1. The second-order valence-electron chi connectivity index (χ2n) is 4.79. The lowest BCUT2D eigenvalue weighted by Crippen LogP contribution is -2.22. The van der Waals surface area contributed by atoms with Gasteiger partial charge in [-0.3, -0.25) is 0 Å². The summed E-state index contributed by atoms with van der Waals surface area (Å²) in [7, 11) is 0. The van der Waals surface area contributed by atoms with Gasteiger partial charge in [-0.2, -0.15) is 0 Å². The van der Waals surface area contributed by atoms with Gasteiger partial charge in [0.1, 0.15) is 0 Å². The van der Waals surface area contributed by atoms with Crippen LogP contribution in [0.4, 0.5) is 0 Å². The number of pyridine rings is 1. The molecule has 0 radical (unpaired) electrons. The van der Waals surface area contributed by atoms with Gasteiger partial charge in [-0.25, -0.2) is 4.98 Å². The van der Waals surface area contributed by atoms with Crippen LogP contribution in [0.15, 0.2) is 23.4 Å². The number of hydrogen-bond acceptors (Lipinski definition) is 4. The monoisotopic (exact) mass is 266 g/mol. The molecule has 3 nitrogen and oxygen atoms in total. The summed E-state index contributed by atoms with van der Waals surface area (Å²) in [6.07, 6.45) is 6.57. The van der Waals surface area contributed by atoms with E-state index in [0.29, 0.717) is 6.10 Å². The van der Waals surface area contributed by atoms with Gasteiger partial charge in [0.25, 0.3) is 0 Å². The number of aromatic nitrogens is 1. The lowest BCUT2D eigenvalue weighted by Gasteiger charge is -2.13. The molecule has 1 aromatic rings. The van der Waals surface area contributed by atoms with Gasteiger partial charge in [0.05, 0.1) is 11.1 Å². The molecule has 0 spiro atoms. The zero-order valence-electron chi connectivity index (χ0n) is 11.0. The van der Waals surface area contributed by atoms with Crippen LogP contribution in [0.2, 0.25) is 0 Å². The van der Waals surface area contributed by atoms with Crippen LogP contribution in [0.5, 0.6) is 0 Å². The summed E-state index contributed by atoms with van der Waals surface area (Å²) >= 11 is 1.81. The topological polar surface area (TPSA) is 48.1 Å². The fourth-order valence-electron chi connectivity index (χ4n) is 2.08. The van der Waals surface area contributed by atoms with E-state index in [-0.39, 0.29) is 6.04 Å².